The maximum absolute atomic E-state index is 6.63. The molecule has 4 heterocycles. The van der Waals surface area contributed by atoms with Crippen molar-refractivity contribution in [2.45, 2.75) is 87.0 Å². The first-order valence-electron chi connectivity index (χ1n) is 25.7. The van der Waals surface area contributed by atoms with E-state index in [1.54, 1.807) is 0 Å². The van der Waals surface area contributed by atoms with Gasteiger partial charge in [0.2, 0.25) is 0 Å². The van der Waals surface area contributed by atoms with E-state index in [2.05, 4.69) is 254 Å². The standard InChI is InChI=1S/C67H60BN3O/c1-39-30-59-62-60(31-39)71(64-42(4)34-46(35-43(64)5)67(9,10)11)58-38-56-52(49-22-15-17-26-55(49)69(56)47-20-13-12-14-21-47)37-54(58)68(62)53-29-28-45(66(6,7)8)36-57(53)70(59)63-40(2)32-44(33-41(63)3)48-24-19-25-51-50-23-16-18-27-61(50)72-65(48)51/h12-38H,1-11H3. The van der Waals surface area contributed by atoms with Crippen LogP contribution in [0.3, 0.4) is 0 Å². The monoisotopic (exact) mass is 933 g/mol. The largest absolute Gasteiger partial charge is 0.455 e. The Morgan fingerprint density at radius 2 is 1.01 bits per heavy atom. The smallest absolute Gasteiger partial charge is 0.252 e. The van der Waals surface area contributed by atoms with Crippen LogP contribution in [0.1, 0.15) is 80.5 Å². The number of hydrogen-bond donors (Lipinski definition) is 0. The molecule has 4 nitrogen and oxygen atoms in total. The second kappa shape index (κ2) is 15.6. The number of aromatic nitrogens is 1. The summed E-state index contributed by atoms with van der Waals surface area (Å²) in [5, 5.41) is 4.81. The Kier molecular flexibility index (Phi) is 9.59. The molecule has 0 spiro atoms. The van der Waals surface area contributed by atoms with Crippen molar-refractivity contribution in [3.05, 3.63) is 203 Å². The molecule has 0 bridgehead atoms. The molecule has 11 aromatic rings. The molecule has 0 N–H and O–H groups in total. The summed E-state index contributed by atoms with van der Waals surface area (Å²) in [6, 6.07) is 61.8. The molecule has 2 aromatic heterocycles. The molecule has 2 aliphatic rings. The zero-order chi connectivity index (χ0) is 49.7. The van der Waals surface area contributed by atoms with Crippen molar-refractivity contribution in [2.75, 3.05) is 9.80 Å². The molecule has 352 valence electrons. The second-order valence-corrected chi connectivity index (χ2v) is 22.9. The molecule has 72 heavy (non-hydrogen) atoms. The van der Waals surface area contributed by atoms with Gasteiger partial charge in [-0.1, -0.05) is 145 Å². The SMILES string of the molecule is Cc1cc2c3c(c1)N(c1c(C)cc(C(C)(C)C)cc1C)c1cc4c(cc1B3c1ccc(C(C)(C)C)cc1N2c1c(C)cc(-c2cccc3c2oc2ccccc23)cc1C)c1ccccc1n4-c1ccccc1. The topological polar surface area (TPSA) is 24.6 Å². The molecule has 0 radical (unpaired) electrons. The predicted molar refractivity (Wildman–Crippen MR) is 309 cm³/mol. The summed E-state index contributed by atoms with van der Waals surface area (Å²) in [6.45, 7) is 25.5. The minimum atomic E-state index is -0.0705. The molecule has 13 rings (SSSR count). The van der Waals surface area contributed by atoms with Gasteiger partial charge in [0.1, 0.15) is 11.2 Å². The molecular weight excluding hydrogens is 874 g/mol. The van der Waals surface area contributed by atoms with E-state index in [-0.39, 0.29) is 17.5 Å². The first-order valence-corrected chi connectivity index (χ1v) is 25.7. The summed E-state index contributed by atoms with van der Waals surface area (Å²) in [6.07, 6.45) is 0. The average Bonchev–Trinajstić information content (AvgIpc) is 3.89. The Hall–Kier alpha value is -7.76. The van der Waals surface area contributed by atoms with Crippen molar-refractivity contribution in [3.8, 4) is 16.8 Å². The molecule has 0 atom stereocenters. The lowest BCUT2D eigenvalue weighted by Crippen LogP contribution is -2.61. The van der Waals surface area contributed by atoms with Crippen LogP contribution in [0, 0.1) is 34.6 Å². The first-order chi connectivity index (χ1) is 34.5. The number of hydrogen-bond acceptors (Lipinski definition) is 3. The molecule has 9 aromatic carbocycles. The van der Waals surface area contributed by atoms with E-state index in [0.717, 1.165) is 38.8 Å². The number of para-hydroxylation sites is 4. The summed E-state index contributed by atoms with van der Waals surface area (Å²) < 4.78 is 9.10. The highest BCUT2D eigenvalue weighted by atomic mass is 16.3. The quantitative estimate of drug-likeness (QED) is 0.164. The van der Waals surface area contributed by atoms with Gasteiger partial charge in [-0.3, -0.25) is 0 Å². The Balaban J connectivity index is 1.12. The summed E-state index contributed by atoms with van der Waals surface area (Å²) in [7, 11) is 0. The van der Waals surface area contributed by atoms with Crippen LogP contribution in [0.15, 0.2) is 168 Å². The van der Waals surface area contributed by atoms with Crippen molar-refractivity contribution >= 4 is 101 Å². The molecule has 0 unspecified atom stereocenters. The fourth-order valence-electron chi connectivity index (χ4n) is 12.6. The lowest BCUT2D eigenvalue weighted by atomic mass is 9.33. The summed E-state index contributed by atoms with van der Waals surface area (Å²) >= 11 is 0. The van der Waals surface area contributed by atoms with E-state index < -0.39 is 0 Å². The van der Waals surface area contributed by atoms with Crippen LogP contribution < -0.4 is 26.2 Å². The summed E-state index contributed by atoms with van der Waals surface area (Å²) in [5.74, 6) is 0. The summed E-state index contributed by atoms with van der Waals surface area (Å²) in [5.41, 5.74) is 27.8. The van der Waals surface area contributed by atoms with Crippen LogP contribution in [0.4, 0.5) is 34.1 Å². The fraction of sp³-hybridized carbons (Fsp3) is 0.194. The van der Waals surface area contributed by atoms with Gasteiger partial charge in [0.15, 0.2) is 0 Å². The van der Waals surface area contributed by atoms with Gasteiger partial charge >= 0.3 is 0 Å². The van der Waals surface area contributed by atoms with Crippen LogP contribution in [0.2, 0.25) is 0 Å². The molecular formula is C67H60BN3O. The molecule has 0 saturated carbocycles. The summed E-state index contributed by atoms with van der Waals surface area (Å²) in [4.78, 5) is 5.28. The third kappa shape index (κ3) is 6.52. The molecule has 0 amide bonds. The van der Waals surface area contributed by atoms with E-state index in [1.165, 1.54) is 111 Å². The highest BCUT2D eigenvalue weighted by Crippen LogP contribution is 2.50. The zero-order valence-electron chi connectivity index (χ0n) is 43.4. The molecule has 0 fully saturated rings. The highest BCUT2D eigenvalue weighted by molar-refractivity contribution is 7.00. The number of nitrogens with zero attached hydrogens (tertiary/aromatic N) is 3. The number of aryl methyl sites for hydroxylation is 5. The van der Waals surface area contributed by atoms with Crippen LogP contribution in [0.5, 0.6) is 0 Å². The third-order valence-electron chi connectivity index (χ3n) is 15.9. The van der Waals surface area contributed by atoms with Crippen molar-refractivity contribution in [3.63, 3.8) is 0 Å². The van der Waals surface area contributed by atoms with E-state index >= 15 is 0 Å². The van der Waals surface area contributed by atoms with E-state index in [9.17, 15) is 0 Å². The Morgan fingerprint density at radius 1 is 0.431 bits per heavy atom. The first kappa shape index (κ1) is 44.2. The number of anilines is 6. The van der Waals surface area contributed by atoms with Crippen LogP contribution >= 0.6 is 0 Å². The fourth-order valence-corrected chi connectivity index (χ4v) is 12.6. The van der Waals surface area contributed by atoms with Crippen LogP contribution in [-0.4, -0.2) is 11.3 Å². The zero-order valence-corrected chi connectivity index (χ0v) is 43.4. The number of furan rings is 1. The molecule has 2 aliphatic heterocycles. The lowest BCUT2D eigenvalue weighted by Gasteiger charge is -2.46. The average molecular weight is 934 g/mol. The second-order valence-electron chi connectivity index (χ2n) is 22.9. The van der Waals surface area contributed by atoms with Crippen molar-refractivity contribution in [2.24, 2.45) is 0 Å². The minimum Gasteiger partial charge on any atom is -0.455 e. The maximum Gasteiger partial charge on any atom is 0.252 e. The predicted octanol–water partition coefficient (Wildman–Crippen LogP) is 16.6. The maximum atomic E-state index is 6.63. The van der Waals surface area contributed by atoms with Gasteiger partial charge in [-0.05, 0) is 167 Å². The Labute approximate surface area is 424 Å². The van der Waals surface area contributed by atoms with E-state index in [0.29, 0.717) is 0 Å². The molecule has 5 heteroatoms. The number of rotatable bonds is 4. The number of benzene rings is 9. The van der Waals surface area contributed by atoms with Crippen molar-refractivity contribution < 1.29 is 4.42 Å². The number of fused-ring (bicyclic) bond motifs is 10. The lowest BCUT2D eigenvalue weighted by molar-refractivity contribution is 0.589. The Bertz CT molecular complexity index is 4040. The van der Waals surface area contributed by atoms with Gasteiger partial charge in [-0.25, -0.2) is 0 Å². The van der Waals surface area contributed by atoms with Gasteiger partial charge in [-0.15, -0.1) is 0 Å². The molecule has 0 aliphatic carbocycles. The normalized spacial score (nSPS) is 13.4. The van der Waals surface area contributed by atoms with Gasteiger partial charge in [0.25, 0.3) is 6.71 Å². The van der Waals surface area contributed by atoms with Crippen molar-refractivity contribution in [1.29, 1.82) is 0 Å². The van der Waals surface area contributed by atoms with E-state index in [4.69, 9.17) is 4.42 Å². The van der Waals surface area contributed by atoms with Gasteiger partial charge in [0.05, 0.1) is 22.4 Å². The van der Waals surface area contributed by atoms with Crippen LogP contribution in [0.25, 0.3) is 60.6 Å². The van der Waals surface area contributed by atoms with Gasteiger partial charge in [0, 0.05) is 55.5 Å². The third-order valence-corrected chi connectivity index (χ3v) is 15.9. The minimum absolute atomic E-state index is 0.00417. The van der Waals surface area contributed by atoms with Crippen LogP contribution in [-0.2, 0) is 10.8 Å². The molecule has 0 saturated heterocycles. The highest BCUT2D eigenvalue weighted by Gasteiger charge is 2.45. The Morgan fingerprint density at radius 3 is 1.68 bits per heavy atom. The van der Waals surface area contributed by atoms with Gasteiger partial charge < -0.3 is 18.8 Å². The van der Waals surface area contributed by atoms with Crippen molar-refractivity contribution in [1.82, 2.24) is 4.57 Å². The van der Waals surface area contributed by atoms with E-state index in [1.807, 2.05) is 0 Å². The van der Waals surface area contributed by atoms with Gasteiger partial charge in [-0.2, -0.15) is 0 Å².